The maximum absolute atomic E-state index is 11.9. The highest BCUT2D eigenvalue weighted by molar-refractivity contribution is 5.80. The molecule has 0 spiro atoms. The van der Waals surface area contributed by atoms with Gasteiger partial charge in [0.25, 0.3) is 0 Å². The molecule has 1 heterocycles. The lowest BCUT2D eigenvalue weighted by atomic mass is 10.2. The maximum atomic E-state index is 11.9. The van der Waals surface area contributed by atoms with Crippen LogP contribution in [0.5, 0.6) is 0 Å². The summed E-state index contributed by atoms with van der Waals surface area (Å²) in [6, 6.07) is 0.276. The number of hydrogen-bond acceptors (Lipinski definition) is 2. The van der Waals surface area contributed by atoms with Crippen LogP contribution in [0.3, 0.4) is 0 Å². The highest BCUT2D eigenvalue weighted by Crippen LogP contribution is 2.20. The van der Waals surface area contributed by atoms with Crippen LogP contribution in [-0.4, -0.2) is 21.5 Å². The van der Waals surface area contributed by atoms with Crippen molar-refractivity contribution in [2.24, 2.45) is 0 Å². The van der Waals surface area contributed by atoms with Gasteiger partial charge < -0.3 is 9.88 Å². The highest BCUT2D eigenvalue weighted by Gasteiger charge is 2.26. The molecule has 0 bridgehead atoms. The van der Waals surface area contributed by atoms with Crippen LogP contribution in [0.1, 0.15) is 45.0 Å². The number of carbonyl (C=O) groups excluding carboxylic acids is 1. The third-order valence-electron chi connectivity index (χ3n) is 2.94. The molecular weight excluding hydrogens is 202 g/mol. The molecule has 2 rings (SSSR count). The number of nitrogens with zero attached hydrogens (tertiary/aromatic N) is 2. The summed E-state index contributed by atoms with van der Waals surface area (Å²) in [5, 5.41) is 3.02. The molecule has 0 saturated heterocycles. The molecule has 1 N–H and O–H groups in total. The van der Waals surface area contributed by atoms with E-state index in [4.69, 9.17) is 0 Å². The van der Waals surface area contributed by atoms with E-state index < -0.39 is 0 Å². The van der Waals surface area contributed by atoms with Crippen LogP contribution < -0.4 is 5.32 Å². The first-order valence-electron chi connectivity index (χ1n) is 6.04. The van der Waals surface area contributed by atoms with E-state index in [1.807, 2.05) is 17.7 Å². The van der Waals surface area contributed by atoms with Gasteiger partial charge in [-0.25, -0.2) is 4.98 Å². The smallest absolute Gasteiger partial charge is 0.243 e. The van der Waals surface area contributed by atoms with Crippen molar-refractivity contribution in [1.29, 1.82) is 0 Å². The van der Waals surface area contributed by atoms with Gasteiger partial charge in [-0.1, -0.05) is 6.92 Å². The Morgan fingerprint density at radius 3 is 3.06 bits per heavy atom. The fourth-order valence-corrected chi connectivity index (χ4v) is 1.79. The van der Waals surface area contributed by atoms with Crippen molar-refractivity contribution in [3.8, 4) is 0 Å². The lowest BCUT2D eigenvalue weighted by Crippen LogP contribution is -2.32. The van der Waals surface area contributed by atoms with Crippen LogP contribution >= 0.6 is 0 Å². The van der Waals surface area contributed by atoms with Gasteiger partial charge in [-0.05, 0) is 26.2 Å². The third kappa shape index (κ3) is 2.43. The van der Waals surface area contributed by atoms with Gasteiger partial charge in [0.15, 0.2) is 0 Å². The number of hydrogen-bond donors (Lipinski definition) is 1. The predicted octanol–water partition coefficient (Wildman–Crippen LogP) is 1.68. The number of aryl methyl sites for hydroxylation is 1. The van der Waals surface area contributed by atoms with Crippen molar-refractivity contribution in [3.05, 3.63) is 18.2 Å². The molecule has 1 aliphatic carbocycles. The van der Waals surface area contributed by atoms with Gasteiger partial charge >= 0.3 is 0 Å². The number of rotatable bonds is 5. The number of nitrogens with one attached hydrogen (secondary N) is 1. The van der Waals surface area contributed by atoms with Gasteiger partial charge in [-0.2, -0.15) is 0 Å². The highest BCUT2D eigenvalue weighted by atomic mass is 16.2. The molecule has 1 unspecified atom stereocenters. The second-order valence-electron chi connectivity index (χ2n) is 4.46. The standard InChI is InChI=1S/C12H19N3O/c1-3-4-11-13-7-8-15(11)9(2)12(16)14-10-5-6-10/h7-10H,3-6H2,1-2H3,(H,14,16). The molecule has 1 aliphatic rings. The Bertz CT molecular complexity index is 368. The number of imidazole rings is 1. The monoisotopic (exact) mass is 221 g/mol. The normalized spacial score (nSPS) is 17.1. The van der Waals surface area contributed by atoms with E-state index in [1.54, 1.807) is 6.20 Å². The molecule has 16 heavy (non-hydrogen) atoms. The largest absolute Gasteiger partial charge is 0.352 e. The molecule has 1 aromatic heterocycles. The zero-order chi connectivity index (χ0) is 11.5. The number of amides is 1. The van der Waals surface area contributed by atoms with Gasteiger partial charge in [0, 0.05) is 24.9 Å². The molecule has 88 valence electrons. The molecule has 1 amide bonds. The van der Waals surface area contributed by atoms with Crippen molar-refractivity contribution >= 4 is 5.91 Å². The Balaban J connectivity index is 2.03. The molecule has 1 fully saturated rings. The minimum absolute atomic E-state index is 0.109. The first kappa shape index (κ1) is 11.2. The molecule has 0 aromatic carbocycles. The average molecular weight is 221 g/mol. The Kier molecular flexibility index (Phi) is 3.27. The molecule has 4 heteroatoms. The zero-order valence-corrected chi connectivity index (χ0v) is 9.94. The minimum atomic E-state index is -0.148. The molecular formula is C12H19N3O. The lowest BCUT2D eigenvalue weighted by Gasteiger charge is -2.15. The first-order valence-corrected chi connectivity index (χ1v) is 6.04. The second-order valence-corrected chi connectivity index (χ2v) is 4.46. The summed E-state index contributed by atoms with van der Waals surface area (Å²) in [6.45, 7) is 4.05. The minimum Gasteiger partial charge on any atom is -0.352 e. The predicted molar refractivity (Wildman–Crippen MR) is 62.1 cm³/mol. The number of aromatic nitrogens is 2. The van der Waals surface area contributed by atoms with Gasteiger partial charge in [0.2, 0.25) is 5.91 Å². The molecule has 0 radical (unpaired) electrons. The average Bonchev–Trinajstić information content (AvgIpc) is 2.95. The Labute approximate surface area is 96.1 Å². The summed E-state index contributed by atoms with van der Waals surface area (Å²) in [7, 11) is 0. The van der Waals surface area contributed by atoms with Gasteiger partial charge in [0.05, 0.1) is 0 Å². The van der Waals surface area contributed by atoms with E-state index in [0.29, 0.717) is 6.04 Å². The van der Waals surface area contributed by atoms with Crippen molar-refractivity contribution < 1.29 is 4.79 Å². The molecule has 0 aliphatic heterocycles. The summed E-state index contributed by atoms with van der Waals surface area (Å²) in [5.41, 5.74) is 0. The molecule has 1 atom stereocenters. The molecule has 1 aromatic rings. The quantitative estimate of drug-likeness (QED) is 0.822. The van der Waals surface area contributed by atoms with Gasteiger partial charge in [-0.3, -0.25) is 4.79 Å². The summed E-state index contributed by atoms with van der Waals surface area (Å²) in [6.07, 6.45) is 7.89. The van der Waals surface area contributed by atoms with E-state index in [-0.39, 0.29) is 11.9 Å². The van der Waals surface area contributed by atoms with E-state index in [0.717, 1.165) is 31.5 Å². The fraction of sp³-hybridized carbons (Fsp3) is 0.667. The maximum Gasteiger partial charge on any atom is 0.243 e. The SMILES string of the molecule is CCCc1nccn1C(C)C(=O)NC1CC1. The Morgan fingerprint density at radius 1 is 1.69 bits per heavy atom. The summed E-state index contributed by atoms with van der Waals surface area (Å²) >= 11 is 0. The van der Waals surface area contributed by atoms with Crippen molar-refractivity contribution in [2.75, 3.05) is 0 Å². The first-order chi connectivity index (χ1) is 7.72. The van der Waals surface area contributed by atoms with Crippen LogP contribution in [0.4, 0.5) is 0 Å². The van der Waals surface area contributed by atoms with E-state index >= 15 is 0 Å². The van der Waals surface area contributed by atoms with E-state index in [1.165, 1.54) is 0 Å². The van der Waals surface area contributed by atoms with Crippen LogP contribution in [-0.2, 0) is 11.2 Å². The third-order valence-corrected chi connectivity index (χ3v) is 2.94. The van der Waals surface area contributed by atoms with Crippen LogP contribution in [0.15, 0.2) is 12.4 Å². The summed E-state index contributed by atoms with van der Waals surface area (Å²) < 4.78 is 1.97. The zero-order valence-electron chi connectivity index (χ0n) is 9.94. The second kappa shape index (κ2) is 4.68. The van der Waals surface area contributed by atoms with E-state index in [9.17, 15) is 4.79 Å². The fourth-order valence-electron chi connectivity index (χ4n) is 1.79. The topological polar surface area (TPSA) is 46.9 Å². The van der Waals surface area contributed by atoms with Crippen LogP contribution in [0.2, 0.25) is 0 Å². The summed E-state index contributed by atoms with van der Waals surface area (Å²) in [4.78, 5) is 16.2. The Morgan fingerprint density at radius 2 is 2.44 bits per heavy atom. The lowest BCUT2D eigenvalue weighted by molar-refractivity contribution is -0.124. The van der Waals surface area contributed by atoms with Crippen molar-refractivity contribution in [1.82, 2.24) is 14.9 Å². The van der Waals surface area contributed by atoms with E-state index in [2.05, 4.69) is 17.2 Å². The van der Waals surface area contributed by atoms with Crippen molar-refractivity contribution in [3.63, 3.8) is 0 Å². The molecule has 4 nitrogen and oxygen atoms in total. The van der Waals surface area contributed by atoms with Gasteiger partial charge in [0.1, 0.15) is 11.9 Å². The summed E-state index contributed by atoms with van der Waals surface area (Å²) in [5.74, 6) is 1.11. The van der Waals surface area contributed by atoms with Crippen LogP contribution in [0.25, 0.3) is 0 Å². The molecule has 1 saturated carbocycles. The Hall–Kier alpha value is -1.32. The van der Waals surface area contributed by atoms with Gasteiger partial charge in [-0.15, -0.1) is 0 Å². The van der Waals surface area contributed by atoms with Crippen LogP contribution in [0, 0.1) is 0 Å². The number of carbonyl (C=O) groups is 1. The van der Waals surface area contributed by atoms with Crippen molar-refractivity contribution in [2.45, 2.75) is 51.6 Å².